The van der Waals surface area contributed by atoms with E-state index in [1.165, 1.54) is 21.2 Å². The lowest BCUT2D eigenvalue weighted by atomic mass is 9.94. The predicted octanol–water partition coefficient (Wildman–Crippen LogP) is 3.35. The average Bonchev–Trinajstić information content (AvgIpc) is 1.96. The number of aryl methyl sites for hydroxylation is 1. The van der Waals surface area contributed by atoms with Gasteiger partial charge in [0.25, 0.3) is 0 Å². The number of hydrogen-bond acceptors (Lipinski definition) is 1. The van der Waals surface area contributed by atoms with Crippen LogP contribution in [0.1, 0.15) is 30.5 Å². The zero-order valence-corrected chi connectivity index (χ0v) is 10.9. The summed E-state index contributed by atoms with van der Waals surface area (Å²) in [6.07, 6.45) is 0.909. The predicted molar refractivity (Wildman–Crippen MR) is 65.6 cm³/mol. The molecule has 2 heteroatoms. The number of rotatable bonds is 2. The van der Waals surface area contributed by atoms with E-state index in [1.54, 1.807) is 0 Å². The van der Waals surface area contributed by atoms with Crippen molar-refractivity contribution in [3.8, 4) is 0 Å². The highest BCUT2D eigenvalue weighted by Crippen LogP contribution is 2.23. The summed E-state index contributed by atoms with van der Waals surface area (Å²) in [5.74, 6) is 0. The van der Waals surface area contributed by atoms with Gasteiger partial charge in [-0.2, -0.15) is 0 Å². The average molecular weight is 256 g/mol. The Hall–Kier alpha value is -0.340. The Morgan fingerprint density at radius 2 is 1.86 bits per heavy atom. The van der Waals surface area contributed by atoms with Gasteiger partial charge in [0.2, 0.25) is 0 Å². The number of halogens is 1. The van der Waals surface area contributed by atoms with Crippen LogP contribution in [0.3, 0.4) is 0 Å². The second kappa shape index (κ2) is 4.03. The van der Waals surface area contributed by atoms with E-state index < -0.39 is 0 Å². The Morgan fingerprint density at radius 3 is 2.29 bits per heavy atom. The highest BCUT2D eigenvalue weighted by molar-refractivity contribution is 9.10. The Morgan fingerprint density at radius 1 is 1.29 bits per heavy atom. The van der Waals surface area contributed by atoms with Crippen LogP contribution in [0.15, 0.2) is 16.6 Å². The quantitative estimate of drug-likeness (QED) is 0.862. The van der Waals surface area contributed by atoms with Crippen molar-refractivity contribution in [3.63, 3.8) is 0 Å². The highest BCUT2D eigenvalue weighted by atomic mass is 79.9. The van der Waals surface area contributed by atoms with Gasteiger partial charge in [-0.3, -0.25) is 0 Å². The molecule has 78 valence electrons. The van der Waals surface area contributed by atoms with Crippen LogP contribution in [-0.2, 0) is 6.42 Å². The molecule has 0 heterocycles. The van der Waals surface area contributed by atoms with Crippen LogP contribution >= 0.6 is 15.9 Å². The van der Waals surface area contributed by atoms with Crippen LogP contribution in [-0.4, -0.2) is 5.54 Å². The molecule has 0 spiro atoms. The maximum absolute atomic E-state index is 5.99. The van der Waals surface area contributed by atoms with E-state index in [0.29, 0.717) is 0 Å². The molecule has 0 aliphatic carbocycles. The van der Waals surface area contributed by atoms with Crippen molar-refractivity contribution in [2.75, 3.05) is 0 Å². The molecule has 0 radical (unpaired) electrons. The first-order valence-electron chi connectivity index (χ1n) is 4.84. The summed E-state index contributed by atoms with van der Waals surface area (Å²) >= 11 is 3.56. The molecule has 0 atom stereocenters. The van der Waals surface area contributed by atoms with Gasteiger partial charge in [0.05, 0.1) is 0 Å². The summed E-state index contributed by atoms with van der Waals surface area (Å²) in [5, 5.41) is 0. The molecule has 0 aromatic heterocycles. The number of benzene rings is 1. The maximum atomic E-state index is 5.99. The van der Waals surface area contributed by atoms with Gasteiger partial charge >= 0.3 is 0 Å². The minimum Gasteiger partial charge on any atom is -0.325 e. The van der Waals surface area contributed by atoms with Crippen molar-refractivity contribution < 1.29 is 0 Å². The molecule has 0 aliphatic rings. The standard InChI is InChI=1S/C12H18BrN/c1-8-5-10(7-12(3,4)14)6-11(13)9(8)2/h5-6H,7,14H2,1-4H3. The lowest BCUT2D eigenvalue weighted by Crippen LogP contribution is -2.34. The van der Waals surface area contributed by atoms with Gasteiger partial charge in [0.1, 0.15) is 0 Å². The van der Waals surface area contributed by atoms with E-state index in [1.807, 2.05) is 0 Å². The van der Waals surface area contributed by atoms with E-state index in [0.717, 1.165) is 6.42 Å². The molecule has 14 heavy (non-hydrogen) atoms. The zero-order chi connectivity index (χ0) is 10.9. The first kappa shape index (κ1) is 11.7. The molecule has 1 rings (SSSR count). The molecule has 0 saturated heterocycles. The topological polar surface area (TPSA) is 26.0 Å². The summed E-state index contributed by atoms with van der Waals surface area (Å²) in [5.41, 5.74) is 9.78. The molecule has 2 N–H and O–H groups in total. The van der Waals surface area contributed by atoms with Crippen molar-refractivity contribution in [3.05, 3.63) is 33.3 Å². The van der Waals surface area contributed by atoms with E-state index in [9.17, 15) is 0 Å². The lowest BCUT2D eigenvalue weighted by Gasteiger charge is -2.19. The number of nitrogens with two attached hydrogens (primary N) is 1. The largest absolute Gasteiger partial charge is 0.325 e. The van der Waals surface area contributed by atoms with Crippen LogP contribution in [0.2, 0.25) is 0 Å². The Balaban J connectivity index is 3.02. The van der Waals surface area contributed by atoms with Gasteiger partial charge in [-0.25, -0.2) is 0 Å². The van der Waals surface area contributed by atoms with Crippen LogP contribution < -0.4 is 5.73 Å². The summed E-state index contributed by atoms with van der Waals surface area (Å²) in [6, 6.07) is 4.38. The third-order valence-corrected chi connectivity index (χ3v) is 3.15. The second-order valence-corrected chi connectivity index (χ2v) is 5.54. The fourth-order valence-corrected chi connectivity index (χ4v) is 2.12. The smallest absolute Gasteiger partial charge is 0.0209 e. The van der Waals surface area contributed by atoms with Crippen LogP contribution in [0, 0.1) is 13.8 Å². The van der Waals surface area contributed by atoms with Gasteiger partial charge in [0.15, 0.2) is 0 Å². The first-order valence-corrected chi connectivity index (χ1v) is 5.63. The van der Waals surface area contributed by atoms with E-state index in [2.05, 4.69) is 55.8 Å². The molecule has 0 fully saturated rings. The third kappa shape index (κ3) is 3.10. The van der Waals surface area contributed by atoms with Crippen molar-refractivity contribution >= 4 is 15.9 Å². The van der Waals surface area contributed by atoms with Gasteiger partial charge < -0.3 is 5.73 Å². The molecule has 0 unspecified atom stereocenters. The molecule has 0 aliphatic heterocycles. The summed E-state index contributed by atoms with van der Waals surface area (Å²) in [6.45, 7) is 8.36. The first-order chi connectivity index (χ1) is 6.29. The van der Waals surface area contributed by atoms with E-state index in [4.69, 9.17) is 5.73 Å². The Kier molecular flexibility index (Phi) is 3.38. The highest BCUT2D eigenvalue weighted by Gasteiger charge is 2.12. The minimum absolute atomic E-state index is 0.138. The van der Waals surface area contributed by atoms with E-state index >= 15 is 0 Å². The zero-order valence-electron chi connectivity index (χ0n) is 9.32. The molecule has 0 amide bonds. The SMILES string of the molecule is Cc1cc(CC(C)(C)N)cc(Br)c1C. The molecule has 1 aromatic rings. The molecule has 0 bridgehead atoms. The van der Waals surface area contributed by atoms with Crippen molar-refractivity contribution in [1.29, 1.82) is 0 Å². The normalized spacial score (nSPS) is 11.9. The van der Waals surface area contributed by atoms with Gasteiger partial charge in [0, 0.05) is 10.0 Å². The fourth-order valence-electron chi connectivity index (χ4n) is 1.52. The summed E-state index contributed by atoms with van der Waals surface area (Å²) in [7, 11) is 0. The van der Waals surface area contributed by atoms with Crippen LogP contribution in [0.4, 0.5) is 0 Å². The number of hydrogen-bond donors (Lipinski definition) is 1. The van der Waals surface area contributed by atoms with Crippen LogP contribution in [0.5, 0.6) is 0 Å². The summed E-state index contributed by atoms with van der Waals surface area (Å²) in [4.78, 5) is 0. The molecule has 0 saturated carbocycles. The monoisotopic (exact) mass is 255 g/mol. The fraction of sp³-hybridized carbons (Fsp3) is 0.500. The Labute approximate surface area is 94.8 Å². The third-order valence-electron chi connectivity index (χ3n) is 2.32. The molecule has 1 aromatic carbocycles. The van der Waals surface area contributed by atoms with Crippen molar-refractivity contribution in [2.24, 2.45) is 5.73 Å². The van der Waals surface area contributed by atoms with Crippen LogP contribution in [0.25, 0.3) is 0 Å². The molecular formula is C12H18BrN. The van der Waals surface area contributed by atoms with Gasteiger partial charge in [-0.15, -0.1) is 0 Å². The van der Waals surface area contributed by atoms with Gasteiger partial charge in [-0.05, 0) is 56.9 Å². The second-order valence-electron chi connectivity index (χ2n) is 4.68. The molecular weight excluding hydrogens is 238 g/mol. The van der Waals surface area contributed by atoms with Crippen molar-refractivity contribution in [2.45, 2.75) is 39.7 Å². The summed E-state index contributed by atoms with van der Waals surface area (Å²) < 4.78 is 1.18. The van der Waals surface area contributed by atoms with Gasteiger partial charge in [-0.1, -0.05) is 22.0 Å². The Bertz CT molecular complexity index is 314. The van der Waals surface area contributed by atoms with E-state index in [-0.39, 0.29) is 5.54 Å². The maximum Gasteiger partial charge on any atom is 0.0209 e. The van der Waals surface area contributed by atoms with Crippen molar-refractivity contribution in [1.82, 2.24) is 0 Å². The lowest BCUT2D eigenvalue weighted by molar-refractivity contribution is 0.516. The minimum atomic E-state index is -0.138. The molecule has 1 nitrogen and oxygen atoms in total.